The molecule has 3 aromatic rings. The molecule has 0 aliphatic carbocycles. The lowest BCUT2D eigenvalue weighted by atomic mass is 10.0. The van der Waals surface area contributed by atoms with Gasteiger partial charge in [0.1, 0.15) is 11.9 Å². The molecule has 0 unspecified atom stereocenters. The summed E-state index contributed by atoms with van der Waals surface area (Å²) in [7, 11) is 1.73. The first-order valence-corrected chi connectivity index (χ1v) is 11.7. The van der Waals surface area contributed by atoms with Crippen molar-refractivity contribution in [3.63, 3.8) is 0 Å². The number of likely N-dealkylation sites (N-methyl/N-ethyl adjacent to an activating group) is 1. The van der Waals surface area contributed by atoms with Crippen LogP contribution in [0.25, 0.3) is 10.9 Å². The second-order valence-corrected chi connectivity index (χ2v) is 8.98. The molecule has 6 nitrogen and oxygen atoms in total. The Morgan fingerprint density at radius 3 is 2.69 bits per heavy atom. The smallest absolute Gasteiger partial charge is 0.237 e. The highest BCUT2D eigenvalue weighted by Crippen LogP contribution is 2.30. The molecular formula is C26H32N4O2. The van der Waals surface area contributed by atoms with E-state index in [1.165, 1.54) is 16.5 Å². The summed E-state index contributed by atoms with van der Waals surface area (Å²) in [4.78, 5) is 20.9. The lowest BCUT2D eigenvalue weighted by Crippen LogP contribution is -2.50. The largest absolute Gasteiger partial charge is 0.489 e. The molecule has 3 heterocycles. The maximum atomic E-state index is 12.6. The van der Waals surface area contributed by atoms with Crippen molar-refractivity contribution in [2.24, 2.45) is 0 Å². The third kappa shape index (κ3) is 4.38. The normalized spacial score (nSPS) is 22.9. The number of likely N-dealkylation sites (tertiary alicyclic amines) is 2. The van der Waals surface area contributed by atoms with Crippen molar-refractivity contribution >= 4 is 16.8 Å². The number of piperidine rings is 1. The number of hydrogen-bond donors (Lipinski definition) is 2. The fraction of sp³-hybridized carbons (Fsp3) is 0.423. The molecule has 2 aliphatic heterocycles. The number of aromatic amines is 1. The number of H-pyrrole nitrogens is 1. The first-order chi connectivity index (χ1) is 15.7. The highest BCUT2D eigenvalue weighted by molar-refractivity contribution is 5.83. The number of hydrogen-bond acceptors (Lipinski definition) is 4. The van der Waals surface area contributed by atoms with E-state index in [0.717, 1.165) is 51.2 Å². The molecular weight excluding hydrogens is 400 g/mol. The van der Waals surface area contributed by atoms with Crippen LogP contribution in [0.2, 0.25) is 0 Å². The van der Waals surface area contributed by atoms with Crippen LogP contribution >= 0.6 is 0 Å². The molecule has 0 saturated carbocycles. The highest BCUT2D eigenvalue weighted by atomic mass is 16.5. The number of para-hydroxylation sites is 1. The first-order valence-electron chi connectivity index (χ1n) is 11.7. The topological polar surface area (TPSA) is 60.6 Å². The van der Waals surface area contributed by atoms with E-state index in [4.69, 9.17) is 4.74 Å². The van der Waals surface area contributed by atoms with Crippen LogP contribution in [0.15, 0.2) is 60.8 Å². The molecule has 2 saturated heterocycles. The van der Waals surface area contributed by atoms with Gasteiger partial charge in [0.15, 0.2) is 0 Å². The summed E-state index contributed by atoms with van der Waals surface area (Å²) in [5.41, 5.74) is 2.58. The maximum absolute atomic E-state index is 12.6. The van der Waals surface area contributed by atoms with Gasteiger partial charge in [-0.15, -0.1) is 0 Å². The van der Waals surface area contributed by atoms with Gasteiger partial charge in [0.05, 0.1) is 6.04 Å². The number of fused-ring (bicyclic) bond motifs is 1. The molecule has 2 aromatic carbocycles. The van der Waals surface area contributed by atoms with Gasteiger partial charge in [-0.3, -0.25) is 14.6 Å². The third-order valence-corrected chi connectivity index (χ3v) is 7.00. The Morgan fingerprint density at radius 1 is 1.09 bits per heavy atom. The maximum Gasteiger partial charge on any atom is 0.237 e. The number of rotatable bonds is 6. The zero-order valence-electron chi connectivity index (χ0n) is 18.7. The fourth-order valence-corrected chi connectivity index (χ4v) is 5.36. The van der Waals surface area contributed by atoms with Gasteiger partial charge in [0.25, 0.3) is 0 Å². The SMILES string of the molecule is CNC(=O)[C@@H]1C[C@H](Oc2ccccc2)CN1C1CCN(Cc2cccc3[nH]ccc23)CC1. The molecule has 2 atom stereocenters. The first kappa shape index (κ1) is 21.0. The molecule has 1 amide bonds. The minimum Gasteiger partial charge on any atom is -0.489 e. The Morgan fingerprint density at radius 2 is 1.91 bits per heavy atom. The molecule has 2 N–H and O–H groups in total. The van der Waals surface area contributed by atoms with E-state index in [2.05, 4.69) is 44.4 Å². The van der Waals surface area contributed by atoms with Crippen LogP contribution in [0.5, 0.6) is 5.75 Å². The Hall–Kier alpha value is -2.83. The number of carbonyl (C=O) groups is 1. The van der Waals surface area contributed by atoms with Crippen molar-refractivity contribution in [2.75, 3.05) is 26.7 Å². The highest BCUT2D eigenvalue weighted by Gasteiger charge is 2.41. The zero-order valence-corrected chi connectivity index (χ0v) is 18.7. The number of aromatic nitrogens is 1. The predicted molar refractivity (Wildman–Crippen MR) is 127 cm³/mol. The van der Waals surface area contributed by atoms with Crippen molar-refractivity contribution in [3.05, 3.63) is 66.4 Å². The van der Waals surface area contributed by atoms with Crippen LogP contribution in [0.4, 0.5) is 0 Å². The van der Waals surface area contributed by atoms with E-state index in [-0.39, 0.29) is 18.1 Å². The molecule has 2 fully saturated rings. The molecule has 32 heavy (non-hydrogen) atoms. The van der Waals surface area contributed by atoms with Crippen LogP contribution in [0, 0.1) is 0 Å². The lowest BCUT2D eigenvalue weighted by Gasteiger charge is -2.38. The van der Waals surface area contributed by atoms with Crippen molar-refractivity contribution in [2.45, 2.75) is 44.0 Å². The summed E-state index contributed by atoms with van der Waals surface area (Å²) < 4.78 is 6.22. The van der Waals surface area contributed by atoms with Crippen molar-refractivity contribution in [1.82, 2.24) is 20.1 Å². The van der Waals surface area contributed by atoms with Crippen LogP contribution in [-0.2, 0) is 11.3 Å². The Kier molecular flexibility index (Phi) is 6.14. The molecule has 0 bridgehead atoms. The van der Waals surface area contributed by atoms with Crippen LogP contribution < -0.4 is 10.1 Å². The van der Waals surface area contributed by atoms with Gasteiger partial charge in [-0.2, -0.15) is 0 Å². The van der Waals surface area contributed by atoms with Crippen molar-refractivity contribution in [1.29, 1.82) is 0 Å². The number of amides is 1. The molecule has 5 rings (SSSR count). The van der Waals surface area contributed by atoms with Gasteiger partial charge in [-0.1, -0.05) is 30.3 Å². The fourth-order valence-electron chi connectivity index (χ4n) is 5.36. The summed E-state index contributed by atoms with van der Waals surface area (Å²) in [5, 5.41) is 4.18. The van der Waals surface area contributed by atoms with E-state index >= 15 is 0 Å². The van der Waals surface area contributed by atoms with Crippen LogP contribution in [0.3, 0.4) is 0 Å². The number of ether oxygens (including phenoxy) is 1. The molecule has 1 aromatic heterocycles. The second-order valence-electron chi connectivity index (χ2n) is 8.98. The number of nitrogens with one attached hydrogen (secondary N) is 2. The Labute approximate surface area is 189 Å². The summed E-state index contributed by atoms with van der Waals surface area (Å²) >= 11 is 0. The van der Waals surface area contributed by atoms with Crippen LogP contribution in [-0.4, -0.2) is 65.6 Å². The summed E-state index contributed by atoms with van der Waals surface area (Å²) in [5.74, 6) is 0.981. The minimum absolute atomic E-state index is 0.0453. The van der Waals surface area contributed by atoms with Gasteiger partial charge in [-0.25, -0.2) is 0 Å². The monoisotopic (exact) mass is 432 g/mol. The molecule has 168 valence electrons. The average molecular weight is 433 g/mol. The zero-order chi connectivity index (χ0) is 21.9. The van der Waals surface area contributed by atoms with Crippen molar-refractivity contribution in [3.8, 4) is 5.75 Å². The van der Waals surface area contributed by atoms with Gasteiger partial charge < -0.3 is 15.0 Å². The van der Waals surface area contributed by atoms with Gasteiger partial charge in [0, 0.05) is 49.7 Å². The summed E-state index contributed by atoms with van der Waals surface area (Å²) in [6.07, 6.45) is 4.96. The van der Waals surface area contributed by atoms with E-state index in [0.29, 0.717) is 6.04 Å². The molecule has 6 heteroatoms. The van der Waals surface area contributed by atoms with Crippen LogP contribution in [0.1, 0.15) is 24.8 Å². The number of benzene rings is 2. The van der Waals surface area contributed by atoms with Gasteiger partial charge >= 0.3 is 0 Å². The third-order valence-electron chi connectivity index (χ3n) is 7.00. The van der Waals surface area contributed by atoms with Gasteiger partial charge in [0.2, 0.25) is 5.91 Å². The number of nitrogens with zero attached hydrogens (tertiary/aromatic N) is 2. The molecule has 0 radical (unpaired) electrons. The van der Waals surface area contributed by atoms with E-state index in [1.807, 2.05) is 36.5 Å². The molecule has 2 aliphatic rings. The summed E-state index contributed by atoms with van der Waals surface area (Å²) in [6, 6.07) is 18.9. The summed E-state index contributed by atoms with van der Waals surface area (Å²) in [6.45, 7) is 3.88. The van der Waals surface area contributed by atoms with Crippen molar-refractivity contribution < 1.29 is 9.53 Å². The standard InChI is InChI=1S/C26H32N4O2/c1-27-26(31)25-16-22(32-21-7-3-2-4-8-21)18-30(25)20-11-14-29(15-12-20)17-19-6-5-9-24-23(19)10-13-28-24/h2-10,13,20,22,25,28H,11-12,14-18H2,1H3,(H,27,31)/t22-,25-/m0/s1. The molecule has 0 spiro atoms. The Balaban J connectivity index is 1.22. The second kappa shape index (κ2) is 9.35. The van der Waals surface area contributed by atoms with E-state index in [9.17, 15) is 4.79 Å². The lowest BCUT2D eigenvalue weighted by molar-refractivity contribution is -0.126. The van der Waals surface area contributed by atoms with Gasteiger partial charge in [-0.05, 0) is 55.8 Å². The quantitative estimate of drug-likeness (QED) is 0.627. The average Bonchev–Trinajstić information content (AvgIpc) is 3.48. The minimum atomic E-state index is -0.112. The predicted octanol–water partition coefficient (Wildman–Crippen LogP) is 3.40. The van der Waals surface area contributed by atoms with E-state index in [1.54, 1.807) is 7.05 Å². The van der Waals surface area contributed by atoms with E-state index < -0.39 is 0 Å². The Bertz CT molecular complexity index is 1040. The number of carbonyl (C=O) groups excluding carboxylic acids is 1.